The molecule has 31 heavy (non-hydrogen) atoms. The molecule has 7 rings (SSSR count). The van der Waals surface area contributed by atoms with Crippen molar-refractivity contribution in [2.45, 2.75) is 57.5 Å². The Bertz CT molecular complexity index is 1010. The van der Waals surface area contributed by atoms with Crippen LogP contribution in [0.15, 0.2) is 30.3 Å². The normalized spacial score (nSPS) is 34.5. The van der Waals surface area contributed by atoms with Crippen molar-refractivity contribution in [1.82, 2.24) is 9.88 Å². The average Bonchev–Trinajstić information content (AvgIpc) is 2.72. The number of fused-ring (bicyclic) bond motifs is 1. The highest BCUT2D eigenvalue weighted by atomic mass is 16.3. The predicted octanol–water partition coefficient (Wildman–Crippen LogP) is 3.91. The number of nitrogens with zero attached hydrogens (tertiary/aromatic N) is 3. The molecule has 1 aromatic heterocycles. The minimum absolute atomic E-state index is 0.0596. The second kappa shape index (κ2) is 6.93. The van der Waals surface area contributed by atoms with E-state index in [1.165, 1.54) is 17.4 Å². The Labute approximate surface area is 184 Å². The quantitative estimate of drug-likeness (QED) is 0.819. The number of anilines is 1. The summed E-state index contributed by atoms with van der Waals surface area (Å²) in [7, 11) is 0. The van der Waals surface area contributed by atoms with Crippen LogP contribution in [0.4, 0.5) is 5.82 Å². The Morgan fingerprint density at radius 2 is 1.81 bits per heavy atom. The minimum atomic E-state index is -0.483. The Balaban J connectivity index is 1.12. The Hall–Kier alpha value is -2.14. The van der Waals surface area contributed by atoms with Crippen LogP contribution >= 0.6 is 0 Å². The molecular weight excluding hydrogens is 386 g/mol. The fourth-order valence-electron chi connectivity index (χ4n) is 7.72. The molecule has 5 aliphatic rings. The van der Waals surface area contributed by atoms with Gasteiger partial charge in [0.05, 0.1) is 11.1 Å². The smallest absolute Gasteiger partial charge is 0.223 e. The van der Waals surface area contributed by atoms with E-state index in [0.717, 1.165) is 69.6 Å². The third-order valence-electron chi connectivity index (χ3n) is 8.54. The van der Waals surface area contributed by atoms with Gasteiger partial charge < -0.3 is 14.9 Å². The summed E-state index contributed by atoms with van der Waals surface area (Å²) in [6.45, 7) is 5.34. The monoisotopic (exact) mass is 419 g/mol. The maximum atomic E-state index is 13.3. The lowest BCUT2D eigenvalue weighted by molar-refractivity contribution is -0.172. The summed E-state index contributed by atoms with van der Waals surface area (Å²) in [6, 6.07) is 10.5. The number of aromatic nitrogens is 1. The summed E-state index contributed by atoms with van der Waals surface area (Å²) < 4.78 is 0. The first-order valence-electron chi connectivity index (χ1n) is 12.0. The second-order valence-corrected chi connectivity index (χ2v) is 11.0. The first-order chi connectivity index (χ1) is 14.9. The van der Waals surface area contributed by atoms with Crippen molar-refractivity contribution in [2.75, 3.05) is 31.1 Å². The molecule has 1 amide bonds. The van der Waals surface area contributed by atoms with Crippen molar-refractivity contribution in [1.29, 1.82) is 0 Å². The van der Waals surface area contributed by atoms with Gasteiger partial charge in [-0.2, -0.15) is 0 Å². The zero-order valence-corrected chi connectivity index (χ0v) is 18.5. The highest BCUT2D eigenvalue weighted by Gasteiger charge is 2.57. The summed E-state index contributed by atoms with van der Waals surface area (Å²) in [4.78, 5) is 22.5. The molecule has 0 unspecified atom stereocenters. The molecule has 5 fully saturated rings. The van der Waals surface area contributed by atoms with E-state index < -0.39 is 5.60 Å². The summed E-state index contributed by atoms with van der Waals surface area (Å²) in [6.07, 6.45) is 6.99. The molecule has 5 nitrogen and oxygen atoms in total. The number of carbonyl (C=O) groups is 1. The van der Waals surface area contributed by atoms with Crippen LogP contribution in [-0.4, -0.2) is 52.7 Å². The largest absolute Gasteiger partial charge is 0.390 e. The third-order valence-corrected chi connectivity index (χ3v) is 8.54. The highest BCUT2D eigenvalue weighted by Crippen LogP contribution is 2.62. The van der Waals surface area contributed by atoms with E-state index in [0.29, 0.717) is 24.2 Å². The molecule has 1 saturated heterocycles. The third kappa shape index (κ3) is 3.42. The predicted molar refractivity (Wildman–Crippen MR) is 122 cm³/mol. The van der Waals surface area contributed by atoms with Crippen LogP contribution in [0.2, 0.25) is 0 Å². The highest BCUT2D eigenvalue weighted by molar-refractivity contribution is 5.84. The first-order valence-corrected chi connectivity index (χ1v) is 12.0. The zero-order valence-electron chi connectivity index (χ0n) is 18.5. The number of amides is 1. The molecule has 2 heterocycles. The molecule has 4 aliphatic carbocycles. The van der Waals surface area contributed by atoms with Crippen molar-refractivity contribution < 1.29 is 9.90 Å². The lowest BCUT2D eigenvalue weighted by Crippen LogP contribution is -2.57. The molecule has 2 aromatic rings. The van der Waals surface area contributed by atoms with Gasteiger partial charge in [-0.15, -0.1) is 0 Å². The van der Waals surface area contributed by atoms with E-state index in [9.17, 15) is 9.90 Å². The number of carbonyl (C=O) groups excluding carboxylic acids is 1. The molecular formula is C26H33N3O2. The topological polar surface area (TPSA) is 56.7 Å². The fraction of sp³-hybridized carbons (Fsp3) is 0.615. The second-order valence-electron chi connectivity index (χ2n) is 11.0. The lowest BCUT2D eigenvalue weighted by atomic mass is 9.47. The van der Waals surface area contributed by atoms with Gasteiger partial charge in [0.2, 0.25) is 5.91 Å². The molecule has 5 heteroatoms. The van der Waals surface area contributed by atoms with Crippen molar-refractivity contribution in [3.05, 3.63) is 35.9 Å². The summed E-state index contributed by atoms with van der Waals surface area (Å²) in [5, 5.41) is 12.2. The number of hydrogen-bond acceptors (Lipinski definition) is 4. The SMILES string of the molecule is Cc1cc(N2CCN(C(=O)CC34C[C@@H]5C[C@H](CC(O)(C5)C3)C4)CC2)nc2ccccc12. The van der Waals surface area contributed by atoms with Gasteiger partial charge >= 0.3 is 0 Å². The van der Waals surface area contributed by atoms with Gasteiger partial charge in [-0.1, -0.05) is 18.2 Å². The van der Waals surface area contributed by atoms with E-state index >= 15 is 0 Å². The van der Waals surface area contributed by atoms with Crippen molar-refractivity contribution in [2.24, 2.45) is 17.3 Å². The Morgan fingerprint density at radius 1 is 1.10 bits per heavy atom. The molecule has 4 saturated carbocycles. The number of rotatable bonds is 3. The number of para-hydroxylation sites is 1. The molecule has 0 radical (unpaired) electrons. The van der Waals surface area contributed by atoms with Gasteiger partial charge in [0.15, 0.2) is 0 Å². The van der Waals surface area contributed by atoms with Crippen LogP contribution in [0.1, 0.15) is 50.5 Å². The maximum Gasteiger partial charge on any atom is 0.223 e. The molecule has 1 aliphatic heterocycles. The van der Waals surface area contributed by atoms with Crippen LogP contribution in [-0.2, 0) is 4.79 Å². The van der Waals surface area contributed by atoms with E-state index in [4.69, 9.17) is 4.98 Å². The number of hydrogen-bond donors (Lipinski definition) is 1. The van der Waals surface area contributed by atoms with Gasteiger partial charge in [0, 0.05) is 38.0 Å². The Morgan fingerprint density at radius 3 is 2.52 bits per heavy atom. The summed E-state index contributed by atoms with van der Waals surface area (Å²) >= 11 is 0. The average molecular weight is 420 g/mol. The molecule has 0 spiro atoms. The van der Waals surface area contributed by atoms with E-state index in [-0.39, 0.29) is 5.41 Å². The maximum absolute atomic E-state index is 13.3. The van der Waals surface area contributed by atoms with E-state index in [1.807, 2.05) is 6.07 Å². The van der Waals surface area contributed by atoms with Gasteiger partial charge in [0.25, 0.3) is 0 Å². The van der Waals surface area contributed by atoms with E-state index in [2.05, 4.69) is 41.0 Å². The standard InChI is InChI=1S/C26H33N3O2/c1-18-10-23(27-22-5-3-2-4-21(18)22)28-6-8-29(9-7-28)24(30)16-25-12-19-11-20(13-25)15-26(31,14-19)17-25/h2-5,10,19-20,31H,6-9,11-17H2,1H3/t19-,20-,25?,26?/m0/s1. The number of piperazine rings is 1. The minimum Gasteiger partial charge on any atom is -0.390 e. The molecule has 2 atom stereocenters. The van der Waals surface area contributed by atoms with Crippen LogP contribution in [0.5, 0.6) is 0 Å². The molecule has 164 valence electrons. The van der Waals surface area contributed by atoms with Gasteiger partial charge in [-0.25, -0.2) is 4.98 Å². The van der Waals surface area contributed by atoms with Crippen LogP contribution in [0, 0.1) is 24.2 Å². The molecule has 1 N–H and O–H groups in total. The number of aryl methyl sites for hydroxylation is 1. The summed E-state index contributed by atoms with van der Waals surface area (Å²) in [5.74, 6) is 2.59. The van der Waals surface area contributed by atoms with Crippen molar-refractivity contribution >= 4 is 22.6 Å². The molecule has 1 aromatic carbocycles. The van der Waals surface area contributed by atoms with Crippen LogP contribution in [0.25, 0.3) is 10.9 Å². The first kappa shape index (κ1) is 19.5. The summed E-state index contributed by atoms with van der Waals surface area (Å²) in [5.41, 5.74) is 1.86. The lowest BCUT2D eigenvalue weighted by Gasteiger charge is -2.60. The van der Waals surface area contributed by atoms with Crippen LogP contribution in [0.3, 0.4) is 0 Å². The molecule has 4 bridgehead atoms. The van der Waals surface area contributed by atoms with Gasteiger partial charge in [-0.05, 0) is 80.4 Å². The zero-order chi connectivity index (χ0) is 21.2. The fourth-order valence-corrected chi connectivity index (χ4v) is 7.72. The number of pyridine rings is 1. The van der Waals surface area contributed by atoms with Gasteiger partial charge in [0.1, 0.15) is 5.82 Å². The van der Waals surface area contributed by atoms with Gasteiger partial charge in [-0.3, -0.25) is 4.79 Å². The van der Waals surface area contributed by atoms with Crippen molar-refractivity contribution in [3.63, 3.8) is 0 Å². The van der Waals surface area contributed by atoms with E-state index in [1.54, 1.807) is 0 Å². The Kier molecular flexibility index (Phi) is 4.37. The number of benzene rings is 1. The van der Waals surface area contributed by atoms with Crippen molar-refractivity contribution in [3.8, 4) is 0 Å². The number of aliphatic hydroxyl groups is 1. The van der Waals surface area contributed by atoms with Crippen LogP contribution < -0.4 is 4.90 Å².